The van der Waals surface area contributed by atoms with Crippen LogP contribution in [0.2, 0.25) is 0 Å². The van der Waals surface area contributed by atoms with Gasteiger partial charge < -0.3 is 28.4 Å². The highest BCUT2D eigenvalue weighted by Gasteiger charge is 2.23. The summed E-state index contributed by atoms with van der Waals surface area (Å²) < 4.78 is 32.9. The van der Waals surface area contributed by atoms with E-state index < -0.39 is 11.9 Å². The maximum atomic E-state index is 13.3. The fourth-order valence-corrected chi connectivity index (χ4v) is 6.83. The number of ketones is 1. The fraction of sp³-hybridized carbons (Fsp3) is 0.353. The number of halogens is 2. The number of esters is 4. The number of carbonyl (C=O) groups excluding carboxylic acids is 5. The molecule has 0 N–H and O–H groups in total. The minimum Gasteiger partial charge on any atom is -0.494 e. The van der Waals surface area contributed by atoms with Crippen LogP contribution in [0.25, 0.3) is 12.2 Å². The molecule has 0 aliphatic heterocycles. The zero-order valence-electron chi connectivity index (χ0n) is 35.9. The lowest BCUT2D eigenvalue weighted by Crippen LogP contribution is -2.08. The van der Waals surface area contributed by atoms with Gasteiger partial charge in [-0.1, -0.05) is 24.3 Å². The summed E-state index contributed by atoms with van der Waals surface area (Å²) in [5, 5.41) is 0. The number of unbranched alkanes of at least 4 members (excludes halogenated alkanes) is 6. The van der Waals surface area contributed by atoms with E-state index in [1.165, 1.54) is 0 Å². The van der Waals surface area contributed by atoms with E-state index in [4.69, 9.17) is 51.6 Å². The largest absolute Gasteiger partial charge is 0.494 e. The summed E-state index contributed by atoms with van der Waals surface area (Å²) in [6, 6.07) is 27.6. The molecule has 0 aromatic heterocycles. The second kappa shape index (κ2) is 27.3. The van der Waals surface area contributed by atoms with Crippen LogP contribution >= 0.6 is 23.2 Å². The first-order valence-electron chi connectivity index (χ1n) is 21.7. The minimum absolute atomic E-state index is 0.0254. The third-order valence-corrected chi connectivity index (χ3v) is 10.4. The van der Waals surface area contributed by atoms with Crippen molar-refractivity contribution in [2.24, 2.45) is 0 Å². The lowest BCUT2D eigenvalue weighted by molar-refractivity contribution is -0.144. The molecular weight excluding hydrogens is 859 g/mol. The summed E-state index contributed by atoms with van der Waals surface area (Å²) in [5.41, 5.74) is 3.79. The van der Waals surface area contributed by atoms with Crippen LogP contribution in [0, 0.1) is 0 Å². The molecule has 4 aromatic carbocycles. The minimum atomic E-state index is -0.495. The lowest BCUT2D eigenvalue weighted by atomic mass is 10.1. The van der Waals surface area contributed by atoms with E-state index >= 15 is 0 Å². The Hall–Kier alpha value is -5.91. The molecule has 1 aliphatic carbocycles. The summed E-state index contributed by atoms with van der Waals surface area (Å²) in [7, 11) is 0. The average molecular weight is 914 g/mol. The van der Waals surface area contributed by atoms with Crippen LogP contribution in [0.3, 0.4) is 0 Å². The van der Waals surface area contributed by atoms with E-state index in [9.17, 15) is 24.0 Å². The van der Waals surface area contributed by atoms with Gasteiger partial charge in [0.2, 0.25) is 0 Å². The Morgan fingerprint density at radius 2 is 0.797 bits per heavy atom. The van der Waals surface area contributed by atoms with Crippen LogP contribution in [0.5, 0.6) is 23.0 Å². The molecule has 4 aromatic rings. The van der Waals surface area contributed by atoms with Crippen molar-refractivity contribution in [1.82, 2.24) is 0 Å². The van der Waals surface area contributed by atoms with Gasteiger partial charge in [0.05, 0.1) is 50.4 Å². The van der Waals surface area contributed by atoms with E-state index in [-0.39, 0.29) is 42.3 Å². The van der Waals surface area contributed by atoms with Crippen molar-refractivity contribution >= 4 is 65.0 Å². The predicted molar refractivity (Wildman–Crippen MR) is 246 cm³/mol. The molecule has 64 heavy (non-hydrogen) atoms. The zero-order valence-corrected chi connectivity index (χ0v) is 37.4. The van der Waals surface area contributed by atoms with Crippen molar-refractivity contribution in [1.29, 1.82) is 0 Å². The molecule has 5 rings (SSSR count). The Morgan fingerprint density at radius 3 is 1.16 bits per heavy atom. The first-order valence-corrected chi connectivity index (χ1v) is 22.8. The van der Waals surface area contributed by atoms with Crippen molar-refractivity contribution in [3.05, 3.63) is 130 Å². The summed E-state index contributed by atoms with van der Waals surface area (Å²) in [6.45, 7) is 1.88. The van der Waals surface area contributed by atoms with Crippen molar-refractivity contribution < 1.29 is 52.4 Å². The molecule has 0 amide bonds. The second-order valence-corrected chi connectivity index (χ2v) is 15.7. The molecule has 1 saturated carbocycles. The van der Waals surface area contributed by atoms with Crippen molar-refractivity contribution in [3.63, 3.8) is 0 Å². The van der Waals surface area contributed by atoms with Crippen molar-refractivity contribution in [2.45, 2.75) is 77.0 Å². The maximum Gasteiger partial charge on any atom is 0.343 e. The van der Waals surface area contributed by atoms with Crippen LogP contribution in [-0.2, 0) is 23.9 Å². The second-order valence-electron chi connectivity index (χ2n) is 15.0. The zero-order chi connectivity index (χ0) is 45.4. The summed E-state index contributed by atoms with van der Waals surface area (Å²) >= 11 is 11.0. The van der Waals surface area contributed by atoms with Gasteiger partial charge in [-0.15, -0.1) is 23.2 Å². The molecule has 0 unspecified atom stereocenters. The van der Waals surface area contributed by atoms with Gasteiger partial charge in [0.25, 0.3) is 0 Å². The highest BCUT2D eigenvalue weighted by atomic mass is 35.5. The highest BCUT2D eigenvalue weighted by Crippen LogP contribution is 2.30. The number of hydrogen-bond acceptors (Lipinski definition) is 11. The molecule has 1 fully saturated rings. The van der Waals surface area contributed by atoms with Gasteiger partial charge in [-0.2, -0.15) is 0 Å². The van der Waals surface area contributed by atoms with Crippen LogP contribution in [0.4, 0.5) is 0 Å². The summed E-state index contributed by atoms with van der Waals surface area (Å²) in [5.74, 6) is 1.06. The van der Waals surface area contributed by atoms with Gasteiger partial charge in [-0.05, 0) is 160 Å². The van der Waals surface area contributed by atoms with E-state index in [0.29, 0.717) is 84.5 Å². The highest BCUT2D eigenvalue weighted by molar-refractivity contribution is 6.19. The Morgan fingerprint density at radius 1 is 0.453 bits per heavy atom. The molecule has 0 atom stereocenters. The van der Waals surface area contributed by atoms with Gasteiger partial charge >= 0.3 is 23.9 Å². The number of benzene rings is 4. The Labute approximate surface area is 384 Å². The van der Waals surface area contributed by atoms with Crippen LogP contribution < -0.4 is 18.9 Å². The van der Waals surface area contributed by atoms with Gasteiger partial charge in [0.15, 0.2) is 5.78 Å². The summed E-state index contributed by atoms with van der Waals surface area (Å²) in [4.78, 5) is 61.5. The number of alkyl halides is 2. The molecule has 0 bridgehead atoms. The van der Waals surface area contributed by atoms with Crippen molar-refractivity contribution in [2.75, 3.05) is 38.2 Å². The molecule has 13 heteroatoms. The third kappa shape index (κ3) is 17.3. The van der Waals surface area contributed by atoms with Gasteiger partial charge in [0.1, 0.15) is 23.0 Å². The number of ether oxygens (including phenoxy) is 6. The monoisotopic (exact) mass is 912 g/mol. The third-order valence-electron chi connectivity index (χ3n) is 10.0. The molecule has 0 radical (unpaired) electrons. The van der Waals surface area contributed by atoms with Crippen LogP contribution in [0.1, 0.15) is 109 Å². The predicted octanol–water partition coefficient (Wildman–Crippen LogP) is 11.2. The van der Waals surface area contributed by atoms with E-state index in [1.807, 2.05) is 12.2 Å². The standard InChI is InChI=1S/C51H54Cl2O11/c52-29-27-47(54)61-33-7-3-1-5-31-59-43-23-15-39(16-24-43)50(57)63-45-19-9-37(10-20-45)35-41-13-14-42(49(41)56)36-38-11-21-46(22-12-38)64-51(58)40-17-25-44(26-18-40)60-32-6-2-4-8-34-62-48(55)28-30-53/h9-12,15-26,35-36H,1-8,13-14,27-34H2. The number of Topliss-reactive ketones (excluding diaryl/α,β-unsaturated/α-hetero) is 1. The number of hydrogen-bond donors (Lipinski definition) is 0. The van der Waals surface area contributed by atoms with Crippen LogP contribution in [0.15, 0.2) is 108 Å². The fourth-order valence-electron chi connectivity index (χ4n) is 6.52. The Balaban J connectivity index is 0.989. The number of carbonyl (C=O) groups is 5. The van der Waals surface area contributed by atoms with E-state index in [0.717, 1.165) is 62.5 Å². The SMILES string of the molecule is O=C(CCCl)OCCCCCCOc1ccc(C(=O)Oc2ccc(C=C3CCC(=Cc4ccc(OC(=O)c5ccc(OCCCCCCOC(=O)CCCl)cc5)cc4)C3=O)cc2)cc1. The molecule has 0 spiro atoms. The molecular formula is C51H54Cl2O11. The molecule has 0 heterocycles. The summed E-state index contributed by atoms with van der Waals surface area (Å²) in [6.07, 6.45) is 12.4. The van der Waals surface area contributed by atoms with Crippen LogP contribution in [-0.4, -0.2) is 67.8 Å². The van der Waals surface area contributed by atoms with E-state index in [1.54, 1.807) is 97.1 Å². The number of rotatable bonds is 26. The Bertz CT molecular complexity index is 2020. The maximum absolute atomic E-state index is 13.3. The first kappa shape index (κ1) is 49.1. The lowest BCUT2D eigenvalue weighted by Gasteiger charge is -2.08. The van der Waals surface area contributed by atoms with Gasteiger partial charge in [0, 0.05) is 22.9 Å². The van der Waals surface area contributed by atoms with Gasteiger partial charge in [-0.25, -0.2) is 9.59 Å². The topological polar surface area (TPSA) is 141 Å². The first-order chi connectivity index (χ1) is 31.2. The molecule has 11 nitrogen and oxygen atoms in total. The quantitative estimate of drug-likeness (QED) is 0.0195. The average Bonchev–Trinajstić information content (AvgIpc) is 3.64. The molecule has 338 valence electrons. The van der Waals surface area contributed by atoms with E-state index in [2.05, 4.69) is 0 Å². The van der Waals surface area contributed by atoms with Crippen molar-refractivity contribution in [3.8, 4) is 23.0 Å². The molecule has 0 saturated heterocycles. The molecule has 1 aliphatic rings. The smallest absolute Gasteiger partial charge is 0.343 e. The number of allylic oxidation sites excluding steroid dienone is 2. The van der Waals surface area contributed by atoms with Gasteiger partial charge in [-0.3, -0.25) is 14.4 Å². The Kier molecular flexibility index (Phi) is 21.0. The normalized spacial score (nSPS) is 13.4.